The summed E-state index contributed by atoms with van der Waals surface area (Å²) < 4.78 is 0. The molecule has 20 heavy (non-hydrogen) atoms. The van der Waals surface area contributed by atoms with Gasteiger partial charge in [-0.1, -0.05) is 32.9 Å². The Balaban J connectivity index is 1.97. The number of aromatic amines is 1. The van der Waals surface area contributed by atoms with E-state index in [0.29, 0.717) is 5.41 Å². The number of benzene rings is 1. The fourth-order valence-electron chi connectivity index (χ4n) is 3.11. The van der Waals surface area contributed by atoms with Crippen LogP contribution in [0.5, 0.6) is 0 Å². The van der Waals surface area contributed by atoms with Crippen LogP contribution in [0.4, 0.5) is 5.69 Å². The van der Waals surface area contributed by atoms with Crippen molar-refractivity contribution >= 4 is 5.69 Å². The lowest BCUT2D eigenvalue weighted by atomic mass is 9.71. The molecule has 3 rings (SSSR count). The van der Waals surface area contributed by atoms with Crippen molar-refractivity contribution in [2.75, 3.05) is 5.73 Å². The lowest BCUT2D eigenvalue weighted by Crippen LogP contribution is -2.26. The summed E-state index contributed by atoms with van der Waals surface area (Å²) in [6.07, 6.45) is 3.48. The number of hydrogen-bond acceptors (Lipinski definition) is 2. The summed E-state index contributed by atoms with van der Waals surface area (Å²) in [6, 6.07) is 8.01. The van der Waals surface area contributed by atoms with E-state index in [1.807, 2.05) is 12.1 Å². The van der Waals surface area contributed by atoms with Crippen LogP contribution in [0.25, 0.3) is 11.3 Å². The smallest absolute Gasteiger partial charge is 0.0955 e. The zero-order valence-corrected chi connectivity index (χ0v) is 12.5. The predicted octanol–water partition coefficient (Wildman–Crippen LogP) is 3.81. The van der Waals surface area contributed by atoms with E-state index in [-0.39, 0.29) is 0 Å². The quantitative estimate of drug-likeness (QED) is 0.773. The van der Waals surface area contributed by atoms with Gasteiger partial charge in [0.1, 0.15) is 0 Å². The van der Waals surface area contributed by atoms with Crippen LogP contribution >= 0.6 is 0 Å². The highest BCUT2D eigenvalue weighted by atomic mass is 15.1. The van der Waals surface area contributed by atoms with E-state index in [9.17, 15) is 0 Å². The number of anilines is 1. The number of nitrogens with one attached hydrogen (secondary N) is 1. The maximum absolute atomic E-state index is 5.77. The van der Waals surface area contributed by atoms with E-state index >= 15 is 0 Å². The Kier molecular flexibility index (Phi) is 3.08. The van der Waals surface area contributed by atoms with E-state index < -0.39 is 0 Å². The highest BCUT2D eigenvalue weighted by Crippen LogP contribution is 2.39. The third-order valence-corrected chi connectivity index (χ3v) is 4.55. The number of rotatable bonds is 1. The number of nitrogens with two attached hydrogens (primary N) is 1. The highest BCUT2D eigenvalue weighted by Gasteiger charge is 2.31. The van der Waals surface area contributed by atoms with E-state index in [4.69, 9.17) is 5.73 Å². The topological polar surface area (TPSA) is 54.7 Å². The van der Waals surface area contributed by atoms with Gasteiger partial charge in [-0.3, -0.25) is 5.10 Å². The van der Waals surface area contributed by atoms with Gasteiger partial charge in [0, 0.05) is 22.5 Å². The first kappa shape index (κ1) is 13.2. The Morgan fingerprint density at radius 1 is 1.20 bits per heavy atom. The second-order valence-electron chi connectivity index (χ2n) is 6.96. The third-order valence-electron chi connectivity index (χ3n) is 4.55. The van der Waals surface area contributed by atoms with Gasteiger partial charge in [-0.25, -0.2) is 0 Å². The van der Waals surface area contributed by atoms with Crippen molar-refractivity contribution < 1.29 is 0 Å². The molecule has 0 spiro atoms. The van der Waals surface area contributed by atoms with Gasteiger partial charge in [0.05, 0.1) is 5.69 Å². The largest absolute Gasteiger partial charge is 0.399 e. The van der Waals surface area contributed by atoms with Gasteiger partial charge in [0.25, 0.3) is 0 Å². The van der Waals surface area contributed by atoms with Gasteiger partial charge < -0.3 is 5.73 Å². The van der Waals surface area contributed by atoms with Crippen LogP contribution in [0, 0.1) is 11.3 Å². The number of H-pyrrole nitrogens is 1. The van der Waals surface area contributed by atoms with Crippen LogP contribution in [0.2, 0.25) is 0 Å². The molecule has 1 aromatic carbocycles. The maximum atomic E-state index is 5.77. The second kappa shape index (κ2) is 4.65. The van der Waals surface area contributed by atoms with Crippen molar-refractivity contribution in [2.45, 2.75) is 40.0 Å². The summed E-state index contributed by atoms with van der Waals surface area (Å²) in [6.45, 7) is 7.02. The van der Waals surface area contributed by atoms with Crippen molar-refractivity contribution in [3.63, 3.8) is 0 Å². The monoisotopic (exact) mass is 269 g/mol. The minimum Gasteiger partial charge on any atom is -0.399 e. The summed E-state index contributed by atoms with van der Waals surface area (Å²) in [5.74, 6) is 0.722. The normalized spacial score (nSPS) is 18.9. The summed E-state index contributed by atoms with van der Waals surface area (Å²) in [5, 5.41) is 7.78. The molecule has 0 saturated carbocycles. The average Bonchev–Trinajstić information content (AvgIpc) is 2.81. The molecule has 2 aromatic rings. The van der Waals surface area contributed by atoms with Crippen LogP contribution in [0.1, 0.15) is 38.4 Å². The second-order valence-corrected chi connectivity index (χ2v) is 6.96. The first-order chi connectivity index (χ1) is 9.45. The molecule has 1 unspecified atom stereocenters. The predicted molar refractivity (Wildman–Crippen MR) is 83.4 cm³/mol. The van der Waals surface area contributed by atoms with Crippen LogP contribution in [-0.4, -0.2) is 10.2 Å². The molecule has 1 heterocycles. The van der Waals surface area contributed by atoms with Crippen molar-refractivity contribution in [1.29, 1.82) is 0 Å². The standard InChI is InChI=1S/C17H23N3/c1-17(2,3)12-6-9-15-14(10-12)16(20-19-15)11-4-7-13(18)8-5-11/h4-5,7-8,12H,6,9-10,18H2,1-3H3,(H,19,20). The lowest BCUT2D eigenvalue weighted by molar-refractivity contribution is 0.216. The van der Waals surface area contributed by atoms with E-state index in [1.54, 1.807) is 0 Å². The van der Waals surface area contributed by atoms with Gasteiger partial charge >= 0.3 is 0 Å². The summed E-state index contributed by atoms with van der Waals surface area (Å²) in [5.41, 5.74) is 11.9. The lowest BCUT2D eigenvalue weighted by Gasteiger charge is -2.33. The van der Waals surface area contributed by atoms with Crippen molar-refractivity contribution in [3.05, 3.63) is 35.5 Å². The first-order valence-corrected chi connectivity index (χ1v) is 7.37. The minimum absolute atomic E-state index is 0.355. The number of fused-ring (bicyclic) bond motifs is 1. The van der Waals surface area contributed by atoms with Gasteiger partial charge in [0.2, 0.25) is 0 Å². The number of nitrogens with zero attached hydrogens (tertiary/aromatic N) is 1. The molecule has 0 saturated heterocycles. The average molecular weight is 269 g/mol. The number of hydrogen-bond donors (Lipinski definition) is 2. The van der Waals surface area contributed by atoms with Crippen molar-refractivity contribution in [3.8, 4) is 11.3 Å². The molecule has 3 N–H and O–H groups in total. The van der Waals surface area contributed by atoms with Gasteiger partial charge in [-0.05, 0) is 42.7 Å². The number of aromatic nitrogens is 2. The molecular weight excluding hydrogens is 246 g/mol. The SMILES string of the molecule is CC(C)(C)C1CCc2[nH]nc(-c3ccc(N)cc3)c2C1. The Morgan fingerprint density at radius 2 is 1.90 bits per heavy atom. The molecule has 106 valence electrons. The summed E-state index contributed by atoms with van der Waals surface area (Å²) in [7, 11) is 0. The molecule has 3 nitrogen and oxygen atoms in total. The molecule has 0 radical (unpaired) electrons. The summed E-state index contributed by atoms with van der Waals surface area (Å²) in [4.78, 5) is 0. The van der Waals surface area contributed by atoms with Gasteiger partial charge in [-0.2, -0.15) is 5.10 Å². The van der Waals surface area contributed by atoms with E-state index in [1.165, 1.54) is 17.7 Å². The van der Waals surface area contributed by atoms with Gasteiger partial charge in [-0.15, -0.1) is 0 Å². The minimum atomic E-state index is 0.355. The number of aryl methyl sites for hydroxylation is 1. The Bertz CT molecular complexity index is 602. The first-order valence-electron chi connectivity index (χ1n) is 7.37. The molecule has 0 bridgehead atoms. The number of nitrogen functional groups attached to an aromatic ring is 1. The van der Waals surface area contributed by atoms with Gasteiger partial charge in [0.15, 0.2) is 0 Å². The molecule has 1 aliphatic rings. The zero-order valence-electron chi connectivity index (χ0n) is 12.5. The van der Waals surface area contributed by atoms with Crippen LogP contribution in [-0.2, 0) is 12.8 Å². The fraction of sp³-hybridized carbons (Fsp3) is 0.471. The molecular formula is C17H23N3. The van der Waals surface area contributed by atoms with Crippen LogP contribution in [0.3, 0.4) is 0 Å². The Hall–Kier alpha value is -1.77. The van der Waals surface area contributed by atoms with E-state index in [2.05, 4.69) is 43.1 Å². The molecule has 0 amide bonds. The van der Waals surface area contributed by atoms with Crippen LogP contribution in [0.15, 0.2) is 24.3 Å². The maximum Gasteiger partial charge on any atom is 0.0955 e. The van der Waals surface area contributed by atoms with Crippen molar-refractivity contribution in [2.24, 2.45) is 11.3 Å². The third kappa shape index (κ3) is 2.33. The molecule has 0 aliphatic heterocycles. The fourth-order valence-corrected chi connectivity index (χ4v) is 3.11. The van der Waals surface area contributed by atoms with Crippen LogP contribution < -0.4 is 5.73 Å². The molecule has 0 fully saturated rings. The van der Waals surface area contributed by atoms with Crippen molar-refractivity contribution in [1.82, 2.24) is 10.2 Å². The molecule has 1 atom stereocenters. The van der Waals surface area contributed by atoms with E-state index in [0.717, 1.165) is 35.7 Å². The molecule has 1 aromatic heterocycles. The Labute approximate surface area is 120 Å². The Morgan fingerprint density at radius 3 is 2.55 bits per heavy atom. The summed E-state index contributed by atoms with van der Waals surface area (Å²) >= 11 is 0. The zero-order chi connectivity index (χ0) is 14.3. The highest BCUT2D eigenvalue weighted by molar-refractivity contribution is 5.66. The molecule has 1 aliphatic carbocycles. The molecule has 3 heteroatoms.